The highest BCUT2D eigenvalue weighted by molar-refractivity contribution is 5.65. The molecule has 4 aromatic rings. The largest absolute Gasteiger partial charge is 0.439 e. The number of aliphatic hydroxyl groups is 1. The molecule has 0 amide bonds. The van der Waals surface area contributed by atoms with Gasteiger partial charge in [0.05, 0.1) is 18.3 Å². The van der Waals surface area contributed by atoms with Crippen molar-refractivity contribution in [2.75, 3.05) is 26.8 Å². The third kappa shape index (κ3) is 5.91. The molecule has 0 radical (unpaired) electrons. The Morgan fingerprint density at radius 3 is 2.18 bits per heavy atom. The maximum atomic E-state index is 10.9. The number of para-hydroxylation sites is 1. The van der Waals surface area contributed by atoms with Crippen molar-refractivity contribution in [1.29, 1.82) is 0 Å². The van der Waals surface area contributed by atoms with Gasteiger partial charge in [-0.3, -0.25) is 4.90 Å². The van der Waals surface area contributed by atoms with E-state index in [1.807, 2.05) is 85.9 Å². The van der Waals surface area contributed by atoms with E-state index in [0.29, 0.717) is 32.1 Å². The summed E-state index contributed by atoms with van der Waals surface area (Å²) in [6.07, 6.45) is -0.617. The minimum atomic E-state index is -0.617. The Labute approximate surface area is 201 Å². The van der Waals surface area contributed by atoms with Crippen molar-refractivity contribution in [3.05, 3.63) is 102 Å². The lowest BCUT2D eigenvalue weighted by Crippen LogP contribution is -2.31. The lowest BCUT2D eigenvalue weighted by atomic mass is 10.1. The molecule has 0 aliphatic carbocycles. The molecule has 6 heteroatoms. The van der Waals surface area contributed by atoms with Crippen molar-refractivity contribution in [3.63, 3.8) is 0 Å². The molecular formula is C28H31N3O3. The second-order valence-corrected chi connectivity index (χ2v) is 8.19. The van der Waals surface area contributed by atoms with Gasteiger partial charge in [0, 0.05) is 39.4 Å². The van der Waals surface area contributed by atoms with E-state index in [2.05, 4.69) is 17.0 Å². The Bertz CT molecular complexity index is 1150. The van der Waals surface area contributed by atoms with Crippen LogP contribution in [0.5, 0.6) is 11.6 Å². The smallest absolute Gasteiger partial charge is 0.222 e. The third-order valence-corrected chi connectivity index (χ3v) is 5.70. The number of aryl methyl sites for hydroxylation is 1. The van der Waals surface area contributed by atoms with Crippen molar-refractivity contribution in [1.82, 2.24) is 14.7 Å². The molecule has 1 heterocycles. The zero-order valence-electron chi connectivity index (χ0n) is 19.7. The van der Waals surface area contributed by atoms with Gasteiger partial charge >= 0.3 is 0 Å². The molecule has 0 saturated carbocycles. The van der Waals surface area contributed by atoms with Gasteiger partial charge in [-0.05, 0) is 17.7 Å². The lowest BCUT2D eigenvalue weighted by molar-refractivity contribution is 0.0846. The van der Waals surface area contributed by atoms with Crippen molar-refractivity contribution in [2.45, 2.75) is 12.6 Å². The zero-order valence-corrected chi connectivity index (χ0v) is 19.7. The summed E-state index contributed by atoms with van der Waals surface area (Å²) in [4.78, 5) is 2.18. The number of benzene rings is 3. The van der Waals surface area contributed by atoms with Gasteiger partial charge in [0.1, 0.15) is 11.4 Å². The van der Waals surface area contributed by atoms with Crippen LogP contribution in [0.3, 0.4) is 0 Å². The Kier molecular flexibility index (Phi) is 8.09. The highest BCUT2D eigenvalue weighted by Gasteiger charge is 2.23. The molecule has 0 aliphatic rings. The quantitative estimate of drug-likeness (QED) is 0.341. The van der Waals surface area contributed by atoms with Crippen LogP contribution in [0.2, 0.25) is 0 Å². The molecule has 1 aromatic heterocycles. The van der Waals surface area contributed by atoms with Crippen LogP contribution in [0.25, 0.3) is 11.3 Å². The van der Waals surface area contributed by atoms with Crippen LogP contribution >= 0.6 is 0 Å². The van der Waals surface area contributed by atoms with Crippen LogP contribution in [0.4, 0.5) is 0 Å². The first-order chi connectivity index (χ1) is 16.7. The molecule has 1 N–H and O–H groups in total. The topological polar surface area (TPSA) is 59.8 Å². The van der Waals surface area contributed by atoms with E-state index in [9.17, 15) is 5.11 Å². The number of methoxy groups -OCH3 is 1. The summed E-state index contributed by atoms with van der Waals surface area (Å²) in [7, 11) is 3.59. The maximum Gasteiger partial charge on any atom is 0.222 e. The van der Waals surface area contributed by atoms with Crippen molar-refractivity contribution in [3.8, 4) is 22.9 Å². The standard InChI is InChI=1S/C28H31N3O3/c1-30-28(34-24-16-10-5-11-17-24)25(27(29-30)23-14-8-4-9-15-23)20-31(18-19-33-2)21-26(32)22-12-6-3-7-13-22/h3-17,26,32H,18-21H2,1-2H3. The predicted octanol–water partition coefficient (Wildman–Crippen LogP) is 5.06. The van der Waals surface area contributed by atoms with Crippen LogP contribution in [0.15, 0.2) is 91.0 Å². The van der Waals surface area contributed by atoms with Gasteiger partial charge in [0.2, 0.25) is 5.88 Å². The molecule has 176 valence electrons. The third-order valence-electron chi connectivity index (χ3n) is 5.70. The van der Waals surface area contributed by atoms with E-state index in [1.165, 1.54) is 0 Å². The van der Waals surface area contributed by atoms with Gasteiger partial charge in [-0.2, -0.15) is 5.10 Å². The lowest BCUT2D eigenvalue weighted by Gasteiger charge is -2.25. The molecule has 6 nitrogen and oxygen atoms in total. The molecule has 0 saturated heterocycles. The summed E-state index contributed by atoms with van der Waals surface area (Å²) in [6, 6.07) is 29.6. The summed E-state index contributed by atoms with van der Waals surface area (Å²) in [5.41, 5.74) is 3.74. The predicted molar refractivity (Wildman–Crippen MR) is 134 cm³/mol. The molecular weight excluding hydrogens is 426 g/mol. The Balaban J connectivity index is 1.68. The van der Waals surface area contributed by atoms with Crippen molar-refractivity contribution in [2.24, 2.45) is 7.05 Å². The molecule has 1 unspecified atom stereocenters. The Morgan fingerprint density at radius 2 is 1.53 bits per heavy atom. The summed E-state index contributed by atoms with van der Waals surface area (Å²) < 4.78 is 13.5. The number of nitrogens with zero attached hydrogens (tertiary/aromatic N) is 3. The SMILES string of the molecule is COCCN(Cc1c(-c2ccccc2)nn(C)c1Oc1ccccc1)CC(O)c1ccccc1. The number of aliphatic hydroxyl groups excluding tert-OH is 1. The molecule has 0 spiro atoms. The van der Waals surface area contributed by atoms with Crippen LogP contribution in [-0.4, -0.2) is 46.6 Å². The minimum Gasteiger partial charge on any atom is -0.439 e. The summed E-state index contributed by atoms with van der Waals surface area (Å²) in [5, 5.41) is 15.7. The summed E-state index contributed by atoms with van der Waals surface area (Å²) in [5.74, 6) is 1.43. The second-order valence-electron chi connectivity index (χ2n) is 8.19. The van der Waals surface area contributed by atoms with Gasteiger partial charge in [-0.1, -0.05) is 78.9 Å². The minimum absolute atomic E-state index is 0.460. The van der Waals surface area contributed by atoms with Gasteiger partial charge < -0.3 is 14.6 Å². The van der Waals surface area contributed by atoms with Gasteiger partial charge in [-0.15, -0.1) is 0 Å². The van der Waals surface area contributed by atoms with E-state index in [4.69, 9.17) is 14.6 Å². The van der Waals surface area contributed by atoms with Gasteiger partial charge in [-0.25, -0.2) is 4.68 Å². The monoisotopic (exact) mass is 457 g/mol. The highest BCUT2D eigenvalue weighted by atomic mass is 16.5. The molecule has 3 aromatic carbocycles. The molecule has 0 aliphatic heterocycles. The van der Waals surface area contributed by atoms with E-state index >= 15 is 0 Å². The highest BCUT2D eigenvalue weighted by Crippen LogP contribution is 2.34. The number of rotatable bonds is 11. The van der Waals surface area contributed by atoms with Gasteiger partial charge in [0.15, 0.2) is 0 Å². The fraction of sp³-hybridized carbons (Fsp3) is 0.250. The van der Waals surface area contributed by atoms with Crippen molar-refractivity contribution < 1.29 is 14.6 Å². The molecule has 0 fully saturated rings. The first-order valence-corrected chi connectivity index (χ1v) is 11.4. The number of hydrogen-bond donors (Lipinski definition) is 1. The van der Waals surface area contributed by atoms with Crippen LogP contribution in [0, 0.1) is 0 Å². The van der Waals surface area contributed by atoms with E-state index in [0.717, 1.165) is 28.1 Å². The summed E-state index contributed by atoms with van der Waals surface area (Å²) >= 11 is 0. The summed E-state index contributed by atoms with van der Waals surface area (Å²) in [6.45, 7) is 2.22. The van der Waals surface area contributed by atoms with E-state index in [1.54, 1.807) is 11.8 Å². The van der Waals surface area contributed by atoms with Crippen LogP contribution in [-0.2, 0) is 18.3 Å². The van der Waals surface area contributed by atoms with Crippen molar-refractivity contribution >= 4 is 0 Å². The van der Waals surface area contributed by atoms with Crippen LogP contribution in [0.1, 0.15) is 17.2 Å². The Morgan fingerprint density at radius 1 is 0.912 bits per heavy atom. The maximum absolute atomic E-state index is 10.9. The Hall–Kier alpha value is -3.45. The van der Waals surface area contributed by atoms with E-state index in [-0.39, 0.29) is 0 Å². The number of aromatic nitrogens is 2. The first-order valence-electron chi connectivity index (χ1n) is 11.4. The fourth-order valence-corrected chi connectivity index (χ4v) is 3.95. The number of ether oxygens (including phenoxy) is 2. The average Bonchev–Trinajstić information content (AvgIpc) is 3.18. The molecule has 4 rings (SSSR count). The van der Waals surface area contributed by atoms with Crippen LogP contribution < -0.4 is 4.74 Å². The zero-order chi connectivity index (χ0) is 23.8. The number of hydrogen-bond acceptors (Lipinski definition) is 5. The first kappa shape index (κ1) is 23.7. The average molecular weight is 458 g/mol. The van der Waals surface area contributed by atoms with E-state index < -0.39 is 6.10 Å². The molecule has 1 atom stereocenters. The fourth-order valence-electron chi connectivity index (χ4n) is 3.95. The normalized spacial score (nSPS) is 12.1. The molecule has 0 bridgehead atoms. The van der Waals surface area contributed by atoms with Gasteiger partial charge in [0.25, 0.3) is 0 Å². The molecule has 34 heavy (non-hydrogen) atoms. The second kappa shape index (κ2) is 11.6.